The first-order chi connectivity index (χ1) is 13.3. The number of aromatic nitrogens is 1. The van der Waals surface area contributed by atoms with Crippen molar-refractivity contribution in [2.45, 2.75) is 0 Å². The minimum atomic E-state index is 0.559. The minimum absolute atomic E-state index is 0.559. The van der Waals surface area contributed by atoms with Gasteiger partial charge in [0.25, 0.3) is 0 Å². The molecule has 2 aromatic carbocycles. The van der Waals surface area contributed by atoms with Gasteiger partial charge in [-0.2, -0.15) is 5.10 Å². The molecule has 0 unspecified atom stereocenters. The highest BCUT2D eigenvalue weighted by Crippen LogP contribution is 2.34. The summed E-state index contributed by atoms with van der Waals surface area (Å²) in [7, 11) is 3.41. The van der Waals surface area contributed by atoms with Crippen molar-refractivity contribution in [3.05, 3.63) is 58.2 Å². The molecule has 3 aromatic rings. The van der Waals surface area contributed by atoms with Crippen LogP contribution in [0, 0.1) is 0 Å². The predicted molar refractivity (Wildman–Crippen MR) is 106 cm³/mol. The Kier molecular flexibility index (Phi) is 4.93. The first kappa shape index (κ1) is 17.4. The zero-order chi connectivity index (χ0) is 18.6. The molecule has 138 valence electrons. The van der Waals surface area contributed by atoms with Crippen LogP contribution in [0.1, 0.15) is 5.56 Å². The van der Waals surface area contributed by atoms with E-state index in [0.29, 0.717) is 13.2 Å². The SMILES string of the molecule is CN=c1scc(-c2ccc3c(c2)OCCO3)n1/N=C\c1cccc(OC)c1. The molecule has 0 fully saturated rings. The Balaban J connectivity index is 1.73. The van der Waals surface area contributed by atoms with Gasteiger partial charge < -0.3 is 14.2 Å². The molecular formula is C20H19N3O3S. The number of rotatable bonds is 4. The third kappa shape index (κ3) is 3.59. The third-order valence-corrected chi connectivity index (χ3v) is 5.04. The van der Waals surface area contributed by atoms with Crippen molar-refractivity contribution < 1.29 is 14.2 Å². The highest BCUT2D eigenvalue weighted by atomic mass is 32.1. The summed E-state index contributed by atoms with van der Waals surface area (Å²) in [5.41, 5.74) is 2.88. The topological polar surface area (TPSA) is 57.3 Å². The molecule has 2 heterocycles. The van der Waals surface area contributed by atoms with Gasteiger partial charge in [0.2, 0.25) is 4.80 Å². The van der Waals surface area contributed by atoms with Crippen molar-refractivity contribution in [3.63, 3.8) is 0 Å². The Hall–Kier alpha value is -3.06. The first-order valence-corrected chi connectivity index (χ1v) is 9.38. The molecule has 0 N–H and O–H groups in total. The fourth-order valence-electron chi connectivity index (χ4n) is 2.81. The normalized spacial score (nSPS) is 13.9. The van der Waals surface area contributed by atoms with E-state index in [-0.39, 0.29) is 0 Å². The molecule has 0 saturated heterocycles. The molecule has 7 heteroatoms. The van der Waals surface area contributed by atoms with Crippen molar-refractivity contribution in [3.8, 4) is 28.5 Å². The fourth-order valence-corrected chi connectivity index (χ4v) is 3.61. The Morgan fingerprint density at radius 1 is 1.11 bits per heavy atom. The standard InChI is InChI=1S/C20H19N3O3S/c1-21-20-23(22-12-14-4-3-5-16(10-14)24-2)17(13-27-20)15-6-7-18-19(11-15)26-9-8-25-18/h3-7,10-13H,8-9H2,1-2H3/b21-20?,22-12-. The van der Waals surface area contributed by atoms with Gasteiger partial charge in [0.15, 0.2) is 11.5 Å². The van der Waals surface area contributed by atoms with E-state index in [2.05, 4.69) is 10.1 Å². The lowest BCUT2D eigenvalue weighted by atomic mass is 10.1. The number of hydrogen-bond acceptors (Lipinski definition) is 6. The lowest BCUT2D eigenvalue weighted by Gasteiger charge is -2.18. The Morgan fingerprint density at radius 3 is 2.78 bits per heavy atom. The molecule has 0 radical (unpaired) electrons. The summed E-state index contributed by atoms with van der Waals surface area (Å²) in [5.74, 6) is 2.32. The molecule has 0 amide bonds. The van der Waals surface area contributed by atoms with E-state index in [0.717, 1.165) is 38.9 Å². The van der Waals surface area contributed by atoms with E-state index < -0.39 is 0 Å². The summed E-state index contributed by atoms with van der Waals surface area (Å²) >= 11 is 1.54. The maximum atomic E-state index is 5.71. The van der Waals surface area contributed by atoms with Gasteiger partial charge in [0.05, 0.1) is 19.0 Å². The fraction of sp³-hybridized carbons (Fsp3) is 0.200. The van der Waals surface area contributed by atoms with Gasteiger partial charge in [-0.05, 0) is 35.9 Å². The van der Waals surface area contributed by atoms with E-state index in [9.17, 15) is 0 Å². The van der Waals surface area contributed by atoms with E-state index in [1.54, 1.807) is 20.4 Å². The molecule has 1 aliphatic rings. The molecule has 0 atom stereocenters. The summed E-state index contributed by atoms with van der Waals surface area (Å²) in [4.78, 5) is 5.14. The van der Waals surface area contributed by atoms with Crippen LogP contribution in [0.4, 0.5) is 0 Å². The van der Waals surface area contributed by atoms with Crippen molar-refractivity contribution >= 4 is 17.6 Å². The van der Waals surface area contributed by atoms with Crippen molar-refractivity contribution in [1.29, 1.82) is 0 Å². The predicted octanol–water partition coefficient (Wildman–Crippen LogP) is 3.41. The second-order valence-electron chi connectivity index (χ2n) is 5.82. The van der Waals surface area contributed by atoms with E-state index in [1.807, 2.05) is 52.5 Å². The largest absolute Gasteiger partial charge is 0.497 e. The third-order valence-electron chi connectivity index (χ3n) is 4.13. The number of nitrogens with zero attached hydrogens (tertiary/aromatic N) is 3. The summed E-state index contributed by atoms with van der Waals surface area (Å²) in [5, 5.41) is 6.69. The van der Waals surface area contributed by atoms with Gasteiger partial charge in [-0.15, -0.1) is 11.3 Å². The number of ether oxygens (including phenoxy) is 3. The number of hydrogen-bond donors (Lipinski definition) is 0. The van der Waals surface area contributed by atoms with Crippen LogP contribution >= 0.6 is 11.3 Å². The number of thiazole rings is 1. The quantitative estimate of drug-likeness (QED) is 0.651. The summed E-state index contributed by atoms with van der Waals surface area (Å²) in [6.07, 6.45) is 1.80. The van der Waals surface area contributed by atoms with Crippen LogP contribution in [0.3, 0.4) is 0 Å². The number of benzene rings is 2. The van der Waals surface area contributed by atoms with Crippen LogP contribution in [0.2, 0.25) is 0 Å². The van der Waals surface area contributed by atoms with Gasteiger partial charge in [-0.1, -0.05) is 12.1 Å². The van der Waals surface area contributed by atoms with E-state index in [1.165, 1.54) is 11.3 Å². The monoisotopic (exact) mass is 381 g/mol. The molecule has 1 aromatic heterocycles. The van der Waals surface area contributed by atoms with E-state index in [4.69, 9.17) is 14.2 Å². The molecule has 6 nitrogen and oxygen atoms in total. The average Bonchev–Trinajstić information content (AvgIpc) is 3.15. The molecule has 0 saturated carbocycles. The van der Waals surface area contributed by atoms with Crippen molar-refractivity contribution in [2.75, 3.05) is 27.4 Å². The molecule has 0 spiro atoms. The van der Waals surface area contributed by atoms with Crippen molar-refractivity contribution in [1.82, 2.24) is 4.68 Å². The van der Waals surface area contributed by atoms with Crippen LogP contribution in [0.5, 0.6) is 17.2 Å². The molecule has 0 aliphatic carbocycles. The Morgan fingerprint density at radius 2 is 1.96 bits per heavy atom. The van der Waals surface area contributed by atoms with Gasteiger partial charge in [0, 0.05) is 18.0 Å². The first-order valence-electron chi connectivity index (χ1n) is 8.50. The summed E-state index contributed by atoms with van der Waals surface area (Å²) in [6, 6.07) is 13.7. The maximum Gasteiger partial charge on any atom is 0.205 e. The van der Waals surface area contributed by atoms with Gasteiger partial charge in [-0.25, -0.2) is 4.68 Å². The van der Waals surface area contributed by atoms with Crippen molar-refractivity contribution in [2.24, 2.45) is 10.1 Å². The number of methoxy groups -OCH3 is 1. The van der Waals surface area contributed by atoms with Gasteiger partial charge in [0.1, 0.15) is 19.0 Å². The lowest BCUT2D eigenvalue weighted by Crippen LogP contribution is -2.15. The summed E-state index contributed by atoms with van der Waals surface area (Å²) < 4.78 is 18.4. The number of fused-ring (bicyclic) bond motifs is 1. The van der Waals surface area contributed by atoms with Crippen LogP contribution in [0.15, 0.2) is 57.9 Å². The molecule has 1 aliphatic heterocycles. The second kappa shape index (κ2) is 7.67. The zero-order valence-electron chi connectivity index (χ0n) is 15.1. The minimum Gasteiger partial charge on any atom is -0.497 e. The molecular weight excluding hydrogens is 362 g/mol. The Bertz CT molecular complexity index is 1050. The zero-order valence-corrected chi connectivity index (χ0v) is 15.9. The Labute approximate surface area is 161 Å². The van der Waals surface area contributed by atoms with Crippen LogP contribution in [0.25, 0.3) is 11.3 Å². The van der Waals surface area contributed by atoms with Gasteiger partial charge >= 0.3 is 0 Å². The van der Waals surface area contributed by atoms with Gasteiger partial charge in [-0.3, -0.25) is 4.99 Å². The molecule has 0 bridgehead atoms. The van der Waals surface area contributed by atoms with Crippen LogP contribution in [-0.4, -0.2) is 38.3 Å². The second-order valence-corrected chi connectivity index (χ2v) is 6.66. The smallest absolute Gasteiger partial charge is 0.205 e. The molecule has 27 heavy (non-hydrogen) atoms. The van der Waals surface area contributed by atoms with Crippen LogP contribution in [-0.2, 0) is 0 Å². The molecule has 4 rings (SSSR count). The average molecular weight is 381 g/mol. The lowest BCUT2D eigenvalue weighted by molar-refractivity contribution is 0.171. The van der Waals surface area contributed by atoms with Crippen LogP contribution < -0.4 is 19.0 Å². The maximum absolute atomic E-state index is 5.71. The highest BCUT2D eigenvalue weighted by molar-refractivity contribution is 7.07. The highest BCUT2D eigenvalue weighted by Gasteiger charge is 2.15. The van der Waals surface area contributed by atoms with E-state index >= 15 is 0 Å². The summed E-state index contributed by atoms with van der Waals surface area (Å²) in [6.45, 7) is 1.14.